The van der Waals surface area contributed by atoms with E-state index in [4.69, 9.17) is 0 Å². The maximum Gasteiger partial charge on any atom is 0.0942 e. The fourth-order valence-corrected chi connectivity index (χ4v) is 4.30. The summed E-state index contributed by atoms with van der Waals surface area (Å²) in [6, 6.07) is 6.39. The van der Waals surface area contributed by atoms with Crippen LogP contribution >= 0.6 is 0 Å². The Morgan fingerprint density at radius 3 is 1.19 bits per heavy atom. The molecule has 0 radical (unpaired) electrons. The van der Waals surface area contributed by atoms with Gasteiger partial charge < -0.3 is 10.2 Å². The van der Waals surface area contributed by atoms with Crippen molar-refractivity contribution in [1.29, 1.82) is 0 Å². The summed E-state index contributed by atoms with van der Waals surface area (Å²) in [4.78, 5) is 0. The molecule has 0 heterocycles. The highest BCUT2D eigenvalue weighted by atomic mass is 16.3. The minimum Gasteiger partial charge on any atom is -0.385 e. The first-order chi connectivity index (χ1) is 11.8. The van der Waals surface area contributed by atoms with Crippen molar-refractivity contribution >= 4 is 0 Å². The smallest absolute Gasteiger partial charge is 0.0942 e. The van der Waals surface area contributed by atoms with Gasteiger partial charge in [0.1, 0.15) is 0 Å². The third-order valence-electron chi connectivity index (χ3n) is 6.58. The third kappa shape index (κ3) is 4.02. The van der Waals surface area contributed by atoms with Crippen LogP contribution in [0, 0.1) is 23.7 Å². The molecule has 0 fully saturated rings. The molecular weight excluding hydrogens is 320 g/mol. The number of benzene rings is 1. The fraction of sp³-hybridized carbons (Fsp3) is 0.750. The van der Waals surface area contributed by atoms with Gasteiger partial charge >= 0.3 is 0 Å². The monoisotopic (exact) mass is 362 g/mol. The van der Waals surface area contributed by atoms with Gasteiger partial charge in [-0.1, -0.05) is 81.4 Å². The lowest BCUT2D eigenvalue weighted by Crippen LogP contribution is -2.40. The van der Waals surface area contributed by atoms with E-state index < -0.39 is 11.2 Å². The van der Waals surface area contributed by atoms with Crippen molar-refractivity contribution in [3.63, 3.8) is 0 Å². The largest absolute Gasteiger partial charge is 0.385 e. The van der Waals surface area contributed by atoms with Crippen molar-refractivity contribution in [2.24, 2.45) is 23.7 Å². The molecule has 0 spiro atoms. The molecule has 0 aliphatic heterocycles. The Kier molecular flexibility index (Phi) is 7.52. The molecule has 0 aliphatic carbocycles. The Balaban J connectivity index is 3.80. The first-order valence-electron chi connectivity index (χ1n) is 10.4. The predicted molar refractivity (Wildman–Crippen MR) is 112 cm³/mol. The zero-order valence-electron chi connectivity index (χ0n) is 18.7. The third-order valence-corrected chi connectivity index (χ3v) is 6.58. The van der Waals surface area contributed by atoms with Crippen LogP contribution in [0.15, 0.2) is 18.2 Å². The standard InChI is InChI=1S/C24H42O2/c1-11-19(10)20-12-21(23(25,15(2)3)16(4)5)14-22(13-20)24(26,17(6)7)18(8)9/h12-19,25-26H,11H2,1-10H3. The van der Waals surface area contributed by atoms with Crippen LogP contribution in [0.3, 0.4) is 0 Å². The lowest BCUT2D eigenvalue weighted by atomic mass is 9.70. The van der Waals surface area contributed by atoms with Gasteiger partial charge in [-0.25, -0.2) is 0 Å². The zero-order valence-corrected chi connectivity index (χ0v) is 18.7. The van der Waals surface area contributed by atoms with Crippen molar-refractivity contribution in [2.45, 2.75) is 92.8 Å². The minimum absolute atomic E-state index is 0.0914. The van der Waals surface area contributed by atoms with Crippen LogP contribution in [0.5, 0.6) is 0 Å². The molecule has 1 atom stereocenters. The summed E-state index contributed by atoms with van der Waals surface area (Å²) in [5.74, 6) is 0.755. The van der Waals surface area contributed by atoms with Gasteiger partial charge in [0.2, 0.25) is 0 Å². The molecule has 2 heteroatoms. The van der Waals surface area contributed by atoms with Crippen LogP contribution in [0.4, 0.5) is 0 Å². The summed E-state index contributed by atoms with van der Waals surface area (Å²) in [6.07, 6.45) is 1.03. The van der Waals surface area contributed by atoms with Crippen LogP contribution in [0.1, 0.15) is 98.3 Å². The number of aliphatic hydroxyl groups is 2. The quantitative estimate of drug-likeness (QED) is 0.578. The van der Waals surface area contributed by atoms with Crippen LogP contribution in [-0.4, -0.2) is 10.2 Å². The molecule has 0 saturated heterocycles. The molecule has 1 aromatic carbocycles. The second-order valence-corrected chi connectivity index (χ2v) is 9.42. The van der Waals surface area contributed by atoms with Gasteiger partial charge in [-0.2, -0.15) is 0 Å². The van der Waals surface area contributed by atoms with Crippen molar-refractivity contribution in [2.75, 3.05) is 0 Å². The van der Waals surface area contributed by atoms with E-state index in [0.717, 1.165) is 17.5 Å². The van der Waals surface area contributed by atoms with E-state index in [9.17, 15) is 10.2 Å². The van der Waals surface area contributed by atoms with E-state index in [0.29, 0.717) is 5.92 Å². The van der Waals surface area contributed by atoms with E-state index in [-0.39, 0.29) is 23.7 Å². The minimum atomic E-state index is -0.910. The van der Waals surface area contributed by atoms with Crippen molar-refractivity contribution in [3.8, 4) is 0 Å². The van der Waals surface area contributed by atoms with E-state index in [1.54, 1.807) is 0 Å². The summed E-state index contributed by atoms with van der Waals surface area (Å²) < 4.78 is 0. The molecule has 2 N–H and O–H groups in total. The molecule has 26 heavy (non-hydrogen) atoms. The molecule has 1 rings (SSSR count). The van der Waals surface area contributed by atoms with Crippen LogP contribution in [0.25, 0.3) is 0 Å². The Morgan fingerprint density at radius 2 is 0.962 bits per heavy atom. The second kappa shape index (κ2) is 8.44. The highest BCUT2D eigenvalue weighted by Gasteiger charge is 2.41. The van der Waals surface area contributed by atoms with E-state index in [2.05, 4.69) is 87.4 Å². The van der Waals surface area contributed by atoms with Gasteiger partial charge in [0.25, 0.3) is 0 Å². The highest BCUT2D eigenvalue weighted by Crippen LogP contribution is 2.43. The summed E-state index contributed by atoms with van der Waals surface area (Å²) in [5.41, 5.74) is 1.27. The fourth-order valence-electron chi connectivity index (χ4n) is 4.30. The van der Waals surface area contributed by atoms with Crippen molar-refractivity contribution in [3.05, 3.63) is 34.9 Å². The van der Waals surface area contributed by atoms with Crippen LogP contribution in [-0.2, 0) is 11.2 Å². The number of hydrogen-bond donors (Lipinski definition) is 2. The molecule has 0 aliphatic rings. The van der Waals surface area contributed by atoms with E-state index in [1.807, 2.05) is 0 Å². The summed E-state index contributed by atoms with van der Waals surface area (Å²) in [6.45, 7) is 21.0. The van der Waals surface area contributed by atoms with Gasteiger partial charge in [0.05, 0.1) is 11.2 Å². The highest BCUT2D eigenvalue weighted by molar-refractivity contribution is 5.39. The van der Waals surface area contributed by atoms with Crippen LogP contribution in [0.2, 0.25) is 0 Å². The lowest BCUT2D eigenvalue weighted by molar-refractivity contribution is -0.0594. The van der Waals surface area contributed by atoms with Gasteiger partial charge in [-0.15, -0.1) is 0 Å². The molecular formula is C24H42O2. The van der Waals surface area contributed by atoms with Crippen LogP contribution < -0.4 is 0 Å². The molecule has 150 valence electrons. The zero-order chi connectivity index (χ0) is 20.4. The topological polar surface area (TPSA) is 40.5 Å². The Labute approximate surface area is 162 Å². The van der Waals surface area contributed by atoms with Gasteiger partial charge in [0.15, 0.2) is 0 Å². The first kappa shape index (κ1) is 23.2. The molecule has 0 aromatic heterocycles. The molecule has 1 unspecified atom stereocenters. The van der Waals surface area contributed by atoms with Gasteiger partial charge in [0, 0.05) is 0 Å². The molecule has 0 amide bonds. The van der Waals surface area contributed by atoms with E-state index >= 15 is 0 Å². The SMILES string of the molecule is CCC(C)c1cc(C(O)(C(C)C)C(C)C)cc(C(O)(C(C)C)C(C)C)c1. The van der Waals surface area contributed by atoms with E-state index in [1.165, 1.54) is 5.56 Å². The second-order valence-electron chi connectivity index (χ2n) is 9.42. The maximum absolute atomic E-state index is 11.6. The molecule has 2 nitrogen and oxygen atoms in total. The van der Waals surface area contributed by atoms with Gasteiger partial charge in [-0.3, -0.25) is 0 Å². The Hall–Kier alpha value is -0.860. The van der Waals surface area contributed by atoms with Crippen molar-refractivity contribution in [1.82, 2.24) is 0 Å². The summed E-state index contributed by atoms with van der Waals surface area (Å²) >= 11 is 0. The Morgan fingerprint density at radius 1 is 0.654 bits per heavy atom. The van der Waals surface area contributed by atoms with Gasteiger partial charge in [-0.05, 0) is 58.8 Å². The Bertz CT molecular complexity index is 524. The molecule has 0 bridgehead atoms. The normalized spacial score (nSPS) is 14.8. The number of hydrogen-bond acceptors (Lipinski definition) is 2. The average Bonchev–Trinajstić information content (AvgIpc) is 2.57. The molecule has 0 saturated carbocycles. The number of rotatable bonds is 8. The maximum atomic E-state index is 11.6. The molecule has 1 aromatic rings. The van der Waals surface area contributed by atoms with Crippen molar-refractivity contribution < 1.29 is 10.2 Å². The summed E-state index contributed by atoms with van der Waals surface area (Å²) in [5, 5.41) is 23.2. The average molecular weight is 363 g/mol. The summed E-state index contributed by atoms with van der Waals surface area (Å²) in [7, 11) is 0. The lowest BCUT2D eigenvalue weighted by Gasteiger charge is -2.41. The predicted octanol–water partition coefficient (Wildman–Crippen LogP) is 6.20. The first-order valence-corrected chi connectivity index (χ1v) is 10.4.